The van der Waals surface area contributed by atoms with E-state index in [2.05, 4.69) is 53.6 Å². The fourth-order valence-corrected chi connectivity index (χ4v) is 9.76. The summed E-state index contributed by atoms with van der Waals surface area (Å²) in [7, 11) is 0. The summed E-state index contributed by atoms with van der Waals surface area (Å²) >= 11 is 1.60. The number of hydrogen-bond acceptors (Lipinski definition) is 9. The van der Waals surface area contributed by atoms with Crippen molar-refractivity contribution in [3.63, 3.8) is 0 Å². The lowest BCUT2D eigenvalue weighted by Crippen LogP contribution is -2.63. The molecule has 2 fully saturated rings. The van der Waals surface area contributed by atoms with E-state index >= 15 is 0 Å². The Balaban J connectivity index is 0.935. The minimum absolute atomic E-state index is 0.0690. The molecule has 1 aliphatic carbocycles. The Morgan fingerprint density at radius 3 is 2.15 bits per heavy atom. The van der Waals surface area contributed by atoms with Crippen molar-refractivity contribution in [3.8, 4) is 27.4 Å². The van der Waals surface area contributed by atoms with E-state index in [9.17, 15) is 19.2 Å². The number of amides is 4. The first kappa shape index (κ1) is 44.4. The molecule has 0 radical (unpaired) electrons. The van der Waals surface area contributed by atoms with Crippen molar-refractivity contribution in [1.29, 1.82) is 0 Å². The summed E-state index contributed by atoms with van der Waals surface area (Å²) in [5.41, 5.74) is 6.81. The van der Waals surface area contributed by atoms with Gasteiger partial charge in [0.05, 0.1) is 28.7 Å². The maximum atomic E-state index is 14.0. The molecule has 320 valence electrons. The molecule has 1 saturated carbocycles. The first-order valence-corrected chi connectivity index (χ1v) is 21.7. The molecular weight excluding hydrogens is 777 g/mol. The van der Waals surface area contributed by atoms with Gasteiger partial charge in [-0.2, -0.15) is 0 Å². The first-order chi connectivity index (χ1) is 28.3. The highest BCUT2D eigenvalue weighted by atomic mass is 32.1. The summed E-state index contributed by atoms with van der Waals surface area (Å²) in [5.74, 6) is -0.599. The van der Waals surface area contributed by atoms with Crippen LogP contribution in [-0.4, -0.2) is 83.0 Å². The molecule has 3 heterocycles. The van der Waals surface area contributed by atoms with Crippen molar-refractivity contribution in [2.75, 3.05) is 26.4 Å². The standard InChI is InChI=1S/C47H60N6O6S/c1-29(31-12-16-33(17-13-31)39-30(2)49-28-60-39)50-42(56)36-11-10-22-53(36)43(57)40(45(3,4)5)51-37(54)26-58-23-24-59-38-21-20-35(25-48-38)32-14-18-34(19-15-32)41(55)52-44-46(6,7)27-47(44,8)9/h12-21,25,28-29,36,40,44H,10-11,22-24,26-27H2,1-9H3,(H,50,56)(H,51,54)(H,52,55)/t29-,36-,40?/m0/s1. The molecule has 3 atom stereocenters. The second-order valence-electron chi connectivity index (χ2n) is 18.6. The van der Waals surface area contributed by atoms with Gasteiger partial charge in [0, 0.05) is 36.0 Å². The second kappa shape index (κ2) is 18.2. The molecule has 2 aromatic carbocycles. The number of hydrogen-bond donors (Lipinski definition) is 3. The molecule has 13 heteroatoms. The monoisotopic (exact) mass is 836 g/mol. The van der Waals surface area contributed by atoms with Crippen LogP contribution in [0.2, 0.25) is 0 Å². The highest BCUT2D eigenvalue weighted by molar-refractivity contribution is 7.13. The molecule has 1 unspecified atom stereocenters. The number of aryl methyl sites for hydroxylation is 1. The summed E-state index contributed by atoms with van der Waals surface area (Å²) in [6.45, 7) is 18.8. The lowest BCUT2D eigenvalue weighted by atomic mass is 9.52. The van der Waals surface area contributed by atoms with Crippen LogP contribution in [0.3, 0.4) is 0 Å². The van der Waals surface area contributed by atoms with Crippen molar-refractivity contribution in [2.45, 2.75) is 106 Å². The van der Waals surface area contributed by atoms with Crippen LogP contribution in [-0.2, 0) is 19.1 Å². The van der Waals surface area contributed by atoms with Gasteiger partial charge < -0.3 is 30.3 Å². The fourth-order valence-electron chi connectivity index (χ4n) is 8.95. The topological polar surface area (TPSA) is 152 Å². The van der Waals surface area contributed by atoms with Gasteiger partial charge in [0.15, 0.2) is 0 Å². The molecule has 4 aromatic rings. The zero-order valence-electron chi connectivity index (χ0n) is 36.4. The fraction of sp³-hybridized carbons (Fsp3) is 0.489. The average Bonchev–Trinajstić information content (AvgIpc) is 3.88. The maximum absolute atomic E-state index is 14.0. The first-order valence-electron chi connectivity index (χ1n) is 20.8. The number of thiazole rings is 1. The number of nitrogens with one attached hydrogen (secondary N) is 3. The summed E-state index contributed by atoms with van der Waals surface area (Å²) in [4.78, 5) is 65.1. The maximum Gasteiger partial charge on any atom is 0.251 e. The molecular formula is C47H60N6O6S. The van der Waals surface area contributed by atoms with E-state index in [0.29, 0.717) is 30.8 Å². The SMILES string of the molecule is Cc1ncsc1-c1ccc([C@H](C)NC(=O)[C@@H]2CCCN2C(=O)C(NC(=O)COCCOc2ccc(-c3ccc(C(=O)NC4C(C)(C)CC4(C)C)cc3)cn2)C(C)(C)C)cc1. The van der Waals surface area contributed by atoms with Gasteiger partial charge in [0.1, 0.15) is 25.3 Å². The number of ether oxygens (including phenoxy) is 2. The number of carbonyl (C=O) groups is 4. The van der Waals surface area contributed by atoms with E-state index in [4.69, 9.17) is 9.47 Å². The largest absolute Gasteiger partial charge is 0.475 e. The molecule has 3 N–H and O–H groups in total. The Bertz CT molecular complexity index is 2130. The van der Waals surface area contributed by atoms with E-state index in [-0.39, 0.29) is 60.5 Å². The second-order valence-corrected chi connectivity index (χ2v) is 19.5. The Labute approximate surface area is 358 Å². The van der Waals surface area contributed by atoms with Crippen LogP contribution < -0.4 is 20.7 Å². The molecule has 1 saturated heterocycles. The normalized spacial score (nSPS) is 18.2. The molecule has 1 aliphatic heterocycles. The van der Waals surface area contributed by atoms with E-state index in [0.717, 1.165) is 39.2 Å². The third kappa shape index (κ3) is 10.4. The molecule has 2 aliphatic rings. The molecule has 60 heavy (non-hydrogen) atoms. The van der Waals surface area contributed by atoms with E-state index in [1.54, 1.807) is 28.5 Å². The van der Waals surface area contributed by atoms with Crippen molar-refractivity contribution in [1.82, 2.24) is 30.8 Å². The Kier molecular flexibility index (Phi) is 13.5. The smallest absolute Gasteiger partial charge is 0.251 e. The van der Waals surface area contributed by atoms with Crippen LogP contribution in [0.1, 0.15) is 102 Å². The van der Waals surface area contributed by atoms with Gasteiger partial charge in [-0.05, 0) is 84.2 Å². The minimum Gasteiger partial charge on any atom is -0.475 e. The van der Waals surface area contributed by atoms with Gasteiger partial charge >= 0.3 is 0 Å². The predicted molar refractivity (Wildman–Crippen MR) is 234 cm³/mol. The van der Waals surface area contributed by atoms with Crippen LogP contribution in [0.15, 0.2) is 72.4 Å². The van der Waals surface area contributed by atoms with Crippen LogP contribution in [0.5, 0.6) is 5.88 Å². The minimum atomic E-state index is -0.860. The Morgan fingerprint density at radius 2 is 1.55 bits per heavy atom. The molecule has 4 amide bonds. The van der Waals surface area contributed by atoms with Gasteiger partial charge in [-0.25, -0.2) is 9.97 Å². The molecule has 0 spiro atoms. The van der Waals surface area contributed by atoms with Gasteiger partial charge in [0.2, 0.25) is 23.6 Å². The van der Waals surface area contributed by atoms with Crippen LogP contribution in [0.25, 0.3) is 21.6 Å². The van der Waals surface area contributed by atoms with E-state index < -0.39 is 23.4 Å². The number of carbonyl (C=O) groups excluding carboxylic acids is 4. The summed E-state index contributed by atoms with van der Waals surface area (Å²) in [6, 6.07) is 17.6. The Hall–Kier alpha value is -5.14. The number of aromatic nitrogens is 2. The summed E-state index contributed by atoms with van der Waals surface area (Å²) in [6.07, 6.45) is 4.02. The highest BCUT2D eigenvalue weighted by Gasteiger charge is 2.53. The number of nitrogens with zero attached hydrogens (tertiary/aromatic N) is 3. The summed E-state index contributed by atoms with van der Waals surface area (Å²) < 4.78 is 11.4. The highest BCUT2D eigenvalue weighted by Crippen LogP contribution is 2.53. The van der Waals surface area contributed by atoms with Crippen molar-refractivity contribution in [2.24, 2.45) is 16.2 Å². The molecule has 2 aromatic heterocycles. The van der Waals surface area contributed by atoms with Gasteiger partial charge in [-0.3, -0.25) is 19.2 Å². The molecule has 0 bridgehead atoms. The average molecular weight is 837 g/mol. The van der Waals surface area contributed by atoms with Gasteiger partial charge in [-0.15, -0.1) is 11.3 Å². The van der Waals surface area contributed by atoms with Crippen molar-refractivity contribution in [3.05, 3.63) is 89.2 Å². The lowest BCUT2D eigenvalue weighted by molar-refractivity contribution is -0.144. The van der Waals surface area contributed by atoms with Crippen LogP contribution in [0.4, 0.5) is 0 Å². The quantitative estimate of drug-likeness (QED) is 0.104. The number of benzene rings is 2. The molecule has 12 nitrogen and oxygen atoms in total. The number of pyridine rings is 1. The zero-order chi connectivity index (χ0) is 43.4. The van der Waals surface area contributed by atoms with Gasteiger partial charge in [-0.1, -0.05) is 84.9 Å². The molecule has 6 rings (SSSR count). The summed E-state index contributed by atoms with van der Waals surface area (Å²) in [5, 5.41) is 9.21. The third-order valence-electron chi connectivity index (χ3n) is 11.7. The number of rotatable bonds is 15. The van der Waals surface area contributed by atoms with Crippen molar-refractivity contribution >= 4 is 35.0 Å². The van der Waals surface area contributed by atoms with Gasteiger partial charge in [0.25, 0.3) is 5.91 Å². The number of likely N-dealkylation sites (tertiary alicyclic amines) is 1. The zero-order valence-corrected chi connectivity index (χ0v) is 37.2. The van der Waals surface area contributed by atoms with Crippen molar-refractivity contribution < 1.29 is 28.7 Å². The van der Waals surface area contributed by atoms with E-state index in [1.165, 1.54) is 0 Å². The Morgan fingerprint density at radius 1 is 0.883 bits per heavy atom. The van der Waals surface area contributed by atoms with Crippen LogP contribution in [0, 0.1) is 23.2 Å². The van der Waals surface area contributed by atoms with E-state index in [1.807, 2.05) is 94.7 Å². The third-order valence-corrected chi connectivity index (χ3v) is 12.7. The predicted octanol–water partition coefficient (Wildman–Crippen LogP) is 7.53. The lowest BCUT2D eigenvalue weighted by Gasteiger charge is -2.57. The van der Waals surface area contributed by atoms with Crippen LogP contribution >= 0.6 is 11.3 Å².